The largest absolute Gasteiger partial charge is 0.494 e. The Morgan fingerprint density at radius 2 is 1.95 bits per heavy atom. The molecule has 0 fully saturated rings. The van der Waals surface area contributed by atoms with Crippen LogP contribution in [0.25, 0.3) is 5.95 Å². The average Bonchev–Trinajstić information content (AvgIpc) is 3.29. The van der Waals surface area contributed by atoms with E-state index in [0.717, 1.165) is 4.68 Å². The van der Waals surface area contributed by atoms with Crippen LogP contribution in [0.4, 0.5) is 14.5 Å². The Bertz CT molecular complexity index is 1420. The van der Waals surface area contributed by atoms with Crippen LogP contribution in [0, 0.1) is 11.2 Å². The molecule has 2 heterocycles. The topological polar surface area (TPSA) is 157 Å². The molecule has 0 saturated carbocycles. The number of H-pyrrole nitrogens is 1. The number of rotatable bonds is 11. The number of nitrogens with zero attached hydrogens (tertiary/aromatic N) is 4. The molecule has 0 aliphatic rings. The number of amidine groups is 1. The molecule has 11 nitrogen and oxygen atoms in total. The summed E-state index contributed by atoms with van der Waals surface area (Å²) < 4.78 is 40.3. The second-order valence-corrected chi connectivity index (χ2v) is 7.64. The normalized spacial score (nSPS) is 11.6. The molecule has 0 amide bonds. The van der Waals surface area contributed by atoms with Gasteiger partial charge in [-0.25, -0.2) is 23.5 Å². The molecule has 0 saturated heterocycles. The summed E-state index contributed by atoms with van der Waals surface area (Å²) in [6, 6.07) is 9.81. The number of benzene rings is 2. The summed E-state index contributed by atoms with van der Waals surface area (Å²) in [7, 11) is 0. The second kappa shape index (κ2) is 11.3. The van der Waals surface area contributed by atoms with Gasteiger partial charge < -0.3 is 20.5 Å². The van der Waals surface area contributed by atoms with E-state index in [4.69, 9.17) is 20.6 Å². The van der Waals surface area contributed by atoms with Crippen molar-refractivity contribution in [3.8, 4) is 17.4 Å². The first-order valence-electron chi connectivity index (χ1n) is 11.2. The van der Waals surface area contributed by atoms with Crippen LogP contribution >= 0.6 is 0 Å². The minimum absolute atomic E-state index is 0.0188. The van der Waals surface area contributed by atoms with E-state index >= 15 is 4.39 Å². The zero-order valence-corrected chi connectivity index (χ0v) is 19.7. The molecule has 13 heteroatoms. The highest BCUT2D eigenvalue weighted by Crippen LogP contribution is 2.35. The number of ether oxygens (including phenoxy) is 2. The van der Waals surface area contributed by atoms with Crippen molar-refractivity contribution in [1.29, 1.82) is 5.41 Å². The van der Waals surface area contributed by atoms with E-state index in [9.17, 15) is 9.18 Å². The summed E-state index contributed by atoms with van der Waals surface area (Å²) in [5.41, 5.74) is 5.91. The Morgan fingerprint density at radius 1 is 1.22 bits per heavy atom. The van der Waals surface area contributed by atoms with E-state index in [1.165, 1.54) is 24.5 Å². The molecule has 0 unspecified atom stereocenters. The zero-order chi connectivity index (χ0) is 26.4. The Labute approximate surface area is 209 Å². The minimum Gasteiger partial charge on any atom is -0.494 e. The van der Waals surface area contributed by atoms with Crippen molar-refractivity contribution < 1.29 is 18.3 Å². The summed E-state index contributed by atoms with van der Waals surface area (Å²) in [4.78, 5) is 23.4. The van der Waals surface area contributed by atoms with Crippen LogP contribution in [0.1, 0.15) is 29.9 Å². The van der Waals surface area contributed by atoms with Crippen molar-refractivity contribution in [2.75, 3.05) is 25.2 Å². The first kappa shape index (κ1) is 25.3. The number of hydrogen-bond acceptors (Lipinski definition) is 8. The summed E-state index contributed by atoms with van der Waals surface area (Å²) in [5, 5.41) is 15.0. The number of aromatic amines is 1. The molecule has 4 aromatic rings. The van der Waals surface area contributed by atoms with E-state index in [0.29, 0.717) is 11.3 Å². The van der Waals surface area contributed by atoms with Gasteiger partial charge in [0.25, 0.3) is 5.95 Å². The number of nitrogens with two attached hydrogens (primary N) is 1. The number of nitrogens with one attached hydrogen (secondary N) is 3. The van der Waals surface area contributed by atoms with Gasteiger partial charge in [-0.15, -0.1) is 9.78 Å². The van der Waals surface area contributed by atoms with Crippen molar-refractivity contribution >= 4 is 11.5 Å². The third-order valence-corrected chi connectivity index (χ3v) is 5.15. The maximum Gasteiger partial charge on any atom is 0.350 e. The van der Waals surface area contributed by atoms with Gasteiger partial charge >= 0.3 is 5.69 Å². The third kappa shape index (κ3) is 5.72. The van der Waals surface area contributed by atoms with E-state index in [1.807, 2.05) is 0 Å². The molecular weight excluding hydrogens is 486 g/mol. The summed E-state index contributed by atoms with van der Waals surface area (Å²) in [6.45, 7) is 0.880. The lowest BCUT2D eigenvalue weighted by atomic mass is 10.0. The predicted octanol–water partition coefficient (Wildman–Crippen LogP) is 2.72. The van der Waals surface area contributed by atoms with Crippen LogP contribution in [-0.4, -0.2) is 50.5 Å². The first-order chi connectivity index (χ1) is 17.9. The maximum absolute atomic E-state index is 15.7. The Hall–Kier alpha value is -4.81. The highest BCUT2D eigenvalue weighted by atomic mass is 19.1. The molecule has 192 valence electrons. The molecule has 2 aromatic heterocycles. The van der Waals surface area contributed by atoms with Gasteiger partial charge in [0, 0.05) is 35.3 Å². The van der Waals surface area contributed by atoms with Gasteiger partial charge in [-0.3, -0.25) is 10.4 Å². The van der Waals surface area contributed by atoms with Gasteiger partial charge in [-0.2, -0.15) is 0 Å². The van der Waals surface area contributed by atoms with Gasteiger partial charge in [-0.05, 0) is 43.3 Å². The molecule has 0 aliphatic carbocycles. The summed E-state index contributed by atoms with van der Waals surface area (Å²) >= 11 is 0. The van der Waals surface area contributed by atoms with Crippen molar-refractivity contribution in [2.24, 2.45) is 5.73 Å². The predicted molar refractivity (Wildman–Crippen MR) is 132 cm³/mol. The molecule has 4 rings (SSSR count). The van der Waals surface area contributed by atoms with E-state index < -0.39 is 24.2 Å². The van der Waals surface area contributed by atoms with Crippen LogP contribution in [0.5, 0.6) is 11.5 Å². The SMILES string of the molecule is CCOc1cc(OCCF)c(F)c([C@H](Nc2ccc(C(=N)N)cc2)c2nn(-c3ncccn3)c(=O)[nH]2)c1. The number of anilines is 1. The molecule has 0 radical (unpaired) electrons. The number of alkyl halides is 1. The molecule has 5 N–H and O–H groups in total. The smallest absolute Gasteiger partial charge is 0.350 e. The van der Waals surface area contributed by atoms with Crippen LogP contribution in [0.2, 0.25) is 0 Å². The molecule has 1 atom stereocenters. The lowest BCUT2D eigenvalue weighted by Crippen LogP contribution is -2.18. The van der Waals surface area contributed by atoms with Crippen molar-refractivity contribution in [1.82, 2.24) is 24.7 Å². The molecule has 37 heavy (non-hydrogen) atoms. The van der Waals surface area contributed by atoms with E-state index in [-0.39, 0.29) is 47.9 Å². The molecule has 0 bridgehead atoms. The standard InChI is InChI=1S/C24H24F2N8O3/c1-2-36-16-12-17(19(26)18(13-16)37-11-8-25)20(31-15-6-4-14(5-7-15)21(27)28)22-32-24(35)34(33-22)23-29-9-3-10-30-23/h3-7,9-10,12-13,20,31H,2,8,11H2,1H3,(H3,27,28)(H,32,33,35)/t20-/m0/s1. The lowest BCUT2D eigenvalue weighted by Gasteiger charge is -2.21. The number of aromatic nitrogens is 5. The quantitative estimate of drug-likeness (QED) is 0.177. The highest BCUT2D eigenvalue weighted by molar-refractivity contribution is 5.95. The molecule has 0 spiro atoms. The minimum atomic E-state index is -1.06. The Morgan fingerprint density at radius 3 is 2.59 bits per heavy atom. The third-order valence-electron chi connectivity index (χ3n) is 5.15. The van der Waals surface area contributed by atoms with Gasteiger partial charge in [0.2, 0.25) is 0 Å². The van der Waals surface area contributed by atoms with E-state index in [1.54, 1.807) is 37.3 Å². The van der Waals surface area contributed by atoms with Crippen LogP contribution < -0.4 is 26.2 Å². The number of halogens is 2. The fraction of sp³-hybridized carbons (Fsp3) is 0.208. The fourth-order valence-electron chi connectivity index (χ4n) is 3.52. The molecule has 0 aliphatic heterocycles. The average molecular weight is 511 g/mol. The van der Waals surface area contributed by atoms with Gasteiger partial charge in [-0.1, -0.05) is 0 Å². The molecule has 2 aromatic carbocycles. The fourth-order valence-corrected chi connectivity index (χ4v) is 3.52. The maximum atomic E-state index is 15.7. The van der Waals surface area contributed by atoms with Crippen molar-refractivity contribution in [2.45, 2.75) is 13.0 Å². The molecular formula is C24H24F2N8O3. The second-order valence-electron chi connectivity index (χ2n) is 7.64. The lowest BCUT2D eigenvalue weighted by molar-refractivity contribution is 0.258. The van der Waals surface area contributed by atoms with Crippen LogP contribution in [-0.2, 0) is 0 Å². The van der Waals surface area contributed by atoms with Crippen LogP contribution in [0.3, 0.4) is 0 Å². The van der Waals surface area contributed by atoms with Gasteiger partial charge in [0.1, 0.15) is 30.9 Å². The van der Waals surface area contributed by atoms with Crippen LogP contribution in [0.15, 0.2) is 59.7 Å². The highest BCUT2D eigenvalue weighted by Gasteiger charge is 2.27. The summed E-state index contributed by atoms with van der Waals surface area (Å²) in [6.07, 6.45) is 2.91. The number of hydrogen-bond donors (Lipinski definition) is 4. The zero-order valence-electron chi connectivity index (χ0n) is 19.7. The summed E-state index contributed by atoms with van der Waals surface area (Å²) in [5.74, 6) is -0.780. The van der Waals surface area contributed by atoms with Crippen molar-refractivity contribution in [3.63, 3.8) is 0 Å². The Kier molecular flexibility index (Phi) is 7.71. The van der Waals surface area contributed by atoms with Gasteiger partial charge in [0.05, 0.1) is 6.61 Å². The van der Waals surface area contributed by atoms with Gasteiger partial charge in [0.15, 0.2) is 17.4 Å². The first-order valence-corrected chi connectivity index (χ1v) is 11.2. The Balaban J connectivity index is 1.84. The monoisotopic (exact) mass is 510 g/mol. The van der Waals surface area contributed by atoms with E-state index in [2.05, 4.69) is 25.4 Å². The van der Waals surface area contributed by atoms with Crippen molar-refractivity contribution in [3.05, 3.63) is 88.1 Å². The number of nitrogen functional groups attached to an aromatic ring is 1.